The van der Waals surface area contributed by atoms with Gasteiger partial charge in [0.1, 0.15) is 0 Å². The summed E-state index contributed by atoms with van der Waals surface area (Å²) >= 11 is 0. The quantitative estimate of drug-likeness (QED) is 0.510. The molecule has 1 aromatic carbocycles. The molecule has 2 heteroatoms. The van der Waals surface area contributed by atoms with Crippen molar-refractivity contribution >= 4 is 11.8 Å². The van der Waals surface area contributed by atoms with Gasteiger partial charge in [0, 0.05) is 5.56 Å². The van der Waals surface area contributed by atoms with Gasteiger partial charge >= 0.3 is 0 Å². The number of rotatable bonds is 3. The topological polar surface area (TPSA) is 29.4 Å². The molecule has 0 aliphatic carbocycles. The van der Waals surface area contributed by atoms with Gasteiger partial charge in [0.15, 0.2) is 0 Å². The molecule has 0 saturated heterocycles. The summed E-state index contributed by atoms with van der Waals surface area (Å²) in [5.74, 6) is 0. The maximum Gasteiger partial charge on any atom is 0.240 e. The lowest BCUT2D eigenvalue weighted by Crippen LogP contribution is -1.79. The Labute approximate surface area is 77.6 Å². The molecule has 66 valence electrons. The highest BCUT2D eigenvalue weighted by Crippen LogP contribution is 2.14. The third kappa shape index (κ3) is 2.69. The fourth-order valence-electron chi connectivity index (χ4n) is 1.08. The van der Waals surface area contributed by atoms with E-state index in [1.165, 1.54) is 0 Å². The van der Waals surface area contributed by atoms with E-state index in [0.29, 0.717) is 5.70 Å². The highest BCUT2D eigenvalue weighted by atomic mass is 16.1. The molecule has 0 amide bonds. The van der Waals surface area contributed by atoms with Crippen LogP contribution in [0.2, 0.25) is 0 Å². The van der Waals surface area contributed by atoms with Crippen LogP contribution in [0.3, 0.4) is 0 Å². The minimum absolute atomic E-state index is 0.693. The van der Waals surface area contributed by atoms with Crippen LogP contribution in [0.5, 0.6) is 0 Å². The first-order valence-corrected chi connectivity index (χ1v) is 4.22. The number of hydrogen-bond acceptors (Lipinski definition) is 2. The van der Waals surface area contributed by atoms with Gasteiger partial charge < -0.3 is 0 Å². The van der Waals surface area contributed by atoms with Gasteiger partial charge in [0.2, 0.25) is 6.08 Å². The monoisotopic (exact) mass is 173 g/mol. The molecule has 0 saturated carbocycles. The number of isocyanates is 1. The molecule has 13 heavy (non-hydrogen) atoms. The first-order chi connectivity index (χ1) is 6.38. The van der Waals surface area contributed by atoms with Crippen molar-refractivity contribution in [1.29, 1.82) is 0 Å². The molecule has 0 aliphatic heterocycles. The molecule has 0 atom stereocenters. The van der Waals surface area contributed by atoms with Crippen molar-refractivity contribution < 1.29 is 4.79 Å². The lowest BCUT2D eigenvalue weighted by atomic mass is 10.1. The Balaban J connectivity index is 3.03. The van der Waals surface area contributed by atoms with Crippen molar-refractivity contribution in [1.82, 2.24) is 0 Å². The lowest BCUT2D eigenvalue weighted by Gasteiger charge is -1.97. The van der Waals surface area contributed by atoms with Crippen LogP contribution >= 0.6 is 0 Å². The van der Waals surface area contributed by atoms with Gasteiger partial charge in [-0.25, -0.2) is 4.79 Å². The zero-order chi connectivity index (χ0) is 9.52. The standard InChI is InChI=1S/C11H11NO/c1-2-6-11(12-9-13)10-7-4-3-5-8-10/h3-8H,2H2,1H3/b11-6+. The Kier molecular flexibility index (Phi) is 3.68. The van der Waals surface area contributed by atoms with E-state index in [9.17, 15) is 4.79 Å². The predicted octanol–water partition coefficient (Wildman–Crippen LogP) is 2.77. The summed E-state index contributed by atoms with van der Waals surface area (Å²) in [6.07, 6.45) is 4.32. The summed E-state index contributed by atoms with van der Waals surface area (Å²) in [5.41, 5.74) is 1.64. The second-order valence-corrected chi connectivity index (χ2v) is 2.57. The third-order valence-electron chi connectivity index (χ3n) is 1.63. The lowest BCUT2D eigenvalue weighted by molar-refractivity contribution is 0.565. The molecule has 2 nitrogen and oxygen atoms in total. The highest BCUT2D eigenvalue weighted by molar-refractivity contribution is 5.68. The minimum Gasteiger partial charge on any atom is -0.211 e. The van der Waals surface area contributed by atoms with Gasteiger partial charge in [-0.05, 0) is 6.42 Å². The molecule has 0 heterocycles. The first-order valence-electron chi connectivity index (χ1n) is 4.22. The van der Waals surface area contributed by atoms with Gasteiger partial charge in [-0.3, -0.25) is 0 Å². The molecule has 0 aliphatic rings. The number of hydrogen-bond donors (Lipinski definition) is 0. The van der Waals surface area contributed by atoms with Gasteiger partial charge in [-0.15, -0.1) is 0 Å². The Morgan fingerprint density at radius 3 is 2.69 bits per heavy atom. The number of aliphatic imine (C=N–C) groups is 1. The fourth-order valence-corrected chi connectivity index (χ4v) is 1.08. The van der Waals surface area contributed by atoms with Crippen LogP contribution in [-0.2, 0) is 4.79 Å². The van der Waals surface area contributed by atoms with Crippen LogP contribution in [0.1, 0.15) is 18.9 Å². The highest BCUT2D eigenvalue weighted by Gasteiger charge is 1.96. The van der Waals surface area contributed by atoms with Crippen LogP contribution in [0.15, 0.2) is 41.4 Å². The van der Waals surface area contributed by atoms with E-state index in [-0.39, 0.29) is 0 Å². The fraction of sp³-hybridized carbons (Fsp3) is 0.182. The van der Waals surface area contributed by atoms with Gasteiger partial charge in [-0.2, -0.15) is 4.99 Å². The second kappa shape index (κ2) is 5.07. The summed E-state index contributed by atoms with van der Waals surface area (Å²) in [6.45, 7) is 2.00. The van der Waals surface area contributed by atoms with E-state index in [4.69, 9.17) is 0 Å². The SMILES string of the molecule is CC/C=C(/N=C=O)c1ccccc1. The van der Waals surface area contributed by atoms with E-state index >= 15 is 0 Å². The van der Waals surface area contributed by atoms with Crippen molar-refractivity contribution in [2.24, 2.45) is 4.99 Å². The zero-order valence-corrected chi connectivity index (χ0v) is 7.53. The smallest absolute Gasteiger partial charge is 0.211 e. The third-order valence-corrected chi connectivity index (χ3v) is 1.63. The van der Waals surface area contributed by atoms with Crippen LogP contribution in [0.4, 0.5) is 0 Å². The average molecular weight is 173 g/mol. The summed E-state index contributed by atoms with van der Waals surface area (Å²) in [6, 6.07) is 9.60. The molecule has 0 unspecified atom stereocenters. The Hall–Kier alpha value is -1.66. The number of carbonyl (C=O) groups excluding carboxylic acids is 1. The van der Waals surface area contributed by atoms with E-state index in [0.717, 1.165) is 12.0 Å². The van der Waals surface area contributed by atoms with Crippen LogP contribution in [-0.4, -0.2) is 6.08 Å². The maximum atomic E-state index is 10.1. The molecule has 0 aromatic heterocycles. The Morgan fingerprint density at radius 2 is 2.15 bits per heavy atom. The van der Waals surface area contributed by atoms with Crippen LogP contribution in [0, 0.1) is 0 Å². The predicted molar refractivity (Wildman–Crippen MR) is 52.8 cm³/mol. The van der Waals surface area contributed by atoms with Gasteiger partial charge in [0.25, 0.3) is 0 Å². The molecular weight excluding hydrogens is 162 g/mol. The van der Waals surface area contributed by atoms with Crippen molar-refractivity contribution in [3.8, 4) is 0 Å². The summed E-state index contributed by atoms with van der Waals surface area (Å²) in [4.78, 5) is 13.8. The van der Waals surface area contributed by atoms with Crippen molar-refractivity contribution in [3.63, 3.8) is 0 Å². The molecular formula is C11H11NO. The van der Waals surface area contributed by atoms with Gasteiger partial charge in [-0.1, -0.05) is 43.3 Å². The number of nitrogens with zero attached hydrogens (tertiary/aromatic N) is 1. The van der Waals surface area contributed by atoms with Crippen molar-refractivity contribution in [2.75, 3.05) is 0 Å². The van der Waals surface area contributed by atoms with E-state index in [2.05, 4.69) is 4.99 Å². The number of benzene rings is 1. The van der Waals surface area contributed by atoms with Gasteiger partial charge in [0.05, 0.1) is 5.70 Å². The average Bonchev–Trinajstić information content (AvgIpc) is 2.19. The molecule has 1 aromatic rings. The van der Waals surface area contributed by atoms with E-state index in [1.54, 1.807) is 6.08 Å². The number of allylic oxidation sites excluding steroid dienone is 1. The molecule has 0 N–H and O–H groups in total. The Bertz CT molecular complexity index is 334. The summed E-state index contributed by atoms with van der Waals surface area (Å²) in [7, 11) is 0. The molecule has 1 rings (SSSR count). The van der Waals surface area contributed by atoms with E-state index < -0.39 is 0 Å². The van der Waals surface area contributed by atoms with Crippen LogP contribution < -0.4 is 0 Å². The Morgan fingerprint density at radius 1 is 1.46 bits per heavy atom. The first kappa shape index (κ1) is 9.43. The minimum atomic E-state index is 0.693. The molecule has 0 fully saturated rings. The van der Waals surface area contributed by atoms with Crippen molar-refractivity contribution in [2.45, 2.75) is 13.3 Å². The normalized spacial score (nSPS) is 10.7. The molecule has 0 radical (unpaired) electrons. The molecule has 0 bridgehead atoms. The molecule has 0 spiro atoms. The zero-order valence-electron chi connectivity index (χ0n) is 7.53. The van der Waals surface area contributed by atoms with Crippen molar-refractivity contribution in [3.05, 3.63) is 42.0 Å². The maximum absolute atomic E-state index is 10.1. The second-order valence-electron chi connectivity index (χ2n) is 2.57. The van der Waals surface area contributed by atoms with E-state index in [1.807, 2.05) is 43.3 Å². The largest absolute Gasteiger partial charge is 0.240 e. The van der Waals surface area contributed by atoms with Crippen LogP contribution in [0.25, 0.3) is 5.70 Å². The summed E-state index contributed by atoms with van der Waals surface area (Å²) < 4.78 is 0. The summed E-state index contributed by atoms with van der Waals surface area (Å²) in [5, 5.41) is 0.